The van der Waals surface area contributed by atoms with Gasteiger partial charge in [0, 0.05) is 13.1 Å². The number of hydrogen-bond acceptors (Lipinski definition) is 3. The van der Waals surface area contributed by atoms with Crippen molar-refractivity contribution in [2.75, 3.05) is 26.7 Å². The highest BCUT2D eigenvalue weighted by Crippen LogP contribution is 2.27. The molecule has 0 bridgehead atoms. The van der Waals surface area contributed by atoms with E-state index in [0.717, 1.165) is 18.5 Å². The monoisotopic (exact) mass is 346 g/mol. The molecule has 0 aliphatic carbocycles. The molecule has 22 heavy (non-hydrogen) atoms. The molecule has 1 fully saturated rings. The van der Waals surface area contributed by atoms with Crippen molar-refractivity contribution in [3.05, 3.63) is 29.8 Å². The van der Waals surface area contributed by atoms with Crippen LogP contribution >= 0.6 is 12.4 Å². The van der Waals surface area contributed by atoms with Crippen LogP contribution in [-0.2, 0) is 15.4 Å². The summed E-state index contributed by atoms with van der Waals surface area (Å²) in [6, 6.07) is 7.32. The molecule has 1 atom stereocenters. The van der Waals surface area contributed by atoms with Gasteiger partial charge in [-0.3, -0.25) is 0 Å². The van der Waals surface area contributed by atoms with Crippen LogP contribution in [0.4, 0.5) is 0 Å². The van der Waals surface area contributed by atoms with Crippen LogP contribution < -0.4 is 5.32 Å². The van der Waals surface area contributed by atoms with E-state index < -0.39 is 10.0 Å². The van der Waals surface area contributed by atoms with Crippen LogP contribution in [0, 0.1) is 5.92 Å². The van der Waals surface area contributed by atoms with Gasteiger partial charge in [0.25, 0.3) is 0 Å². The number of nitrogens with zero attached hydrogens (tertiary/aromatic N) is 1. The van der Waals surface area contributed by atoms with Gasteiger partial charge in [-0.1, -0.05) is 32.9 Å². The van der Waals surface area contributed by atoms with E-state index in [2.05, 4.69) is 26.1 Å². The second-order valence-electron chi connectivity index (χ2n) is 6.85. The fraction of sp³-hybridized carbons (Fsp3) is 0.625. The second-order valence-corrected chi connectivity index (χ2v) is 8.79. The van der Waals surface area contributed by atoms with Crippen LogP contribution in [0.3, 0.4) is 0 Å². The minimum absolute atomic E-state index is 0. The van der Waals surface area contributed by atoms with Crippen LogP contribution in [0.1, 0.15) is 32.8 Å². The van der Waals surface area contributed by atoms with Crippen molar-refractivity contribution in [2.45, 2.75) is 37.5 Å². The zero-order valence-electron chi connectivity index (χ0n) is 13.8. The maximum Gasteiger partial charge on any atom is 0.243 e. The van der Waals surface area contributed by atoms with Crippen molar-refractivity contribution in [1.29, 1.82) is 0 Å². The van der Waals surface area contributed by atoms with E-state index in [1.54, 1.807) is 16.4 Å². The van der Waals surface area contributed by atoms with E-state index in [1.807, 2.05) is 19.2 Å². The van der Waals surface area contributed by atoms with Crippen molar-refractivity contribution >= 4 is 22.4 Å². The highest BCUT2D eigenvalue weighted by molar-refractivity contribution is 7.89. The Balaban J connectivity index is 0.00000242. The van der Waals surface area contributed by atoms with Crippen molar-refractivity contribution in [1.82, 2.24) is 9.62 Å². The molecular formula is C16H27ClN2O2S. The topological polar surface area (TPSA) is 49.4 Å². The van der Waals surface area contributed by atoms with Crippen molar-refractivity contribution in [3.8, 4) is 0 Å². The zero-order chi connectivity index (χ0) is 15.7. The minimum atomic E-state index is -3.35. The van der Waals surface area contributed by atoms with E-state index in [0.29, 0.717) is 23.9 Å². The van der Waals surface area contributed by atoms with Crippen LogP contribution in [0.2, 0.25) is 0 Å². The normalized spacial score (nSPS) is 19.9. The number of nitrogens with one attached hydrogen (secondary N) is 1. The summed E-state index contributed by atoms with van der Waals surface area (Å²) in [5.41, 5.74) is 1.18. The summed E-state index contributed by atoms with van der Waals surface area (Å²) in [7, 11) is -1.44. The standard InChI is InChI=1S/C16H26N2O2S.ClH/c1-16(2,3)14-5-7-15(8-6-14)21(19,20)18-10-9-13(12-18)11-17-4;/h5-8,13,17H,9-12H2,1-4H3;1H. The predicted octanol–water partition coefficient (Wildman–Crippen LogP) is 2.64. The molecule has 1 N–H and O–H groups in total. The Morgan fingerprint density at radius 2 is 1.82 bits per heavy atom. The second kappa shape index (κ2) is 7.30. The number of hydrogen-bond donors (Lipinski definition) is 1. The molecular weight excluding hydrogens is 320 g/mol. The van der Waals surface area contributed by atoms with Crippen LogP contribution in [0.15, 0.2) is 29.2 Å². The summed E-state index contributed by atoms with van der Waals surface area (Å²) >= 11 is 0. The number of benzene rings is 1. The molecule has 0 amide bonds. The molecule has 0 aromatic heterocycles. The highest BCUT2D eigenvalue weighted by atomic mass is 35.5. The molecule has 0 radical (unpaired) electrons. The van der Waals surface area contributed by atoms with Gasteiger partial charge in [0.15, 0.2) is 0 Å². The first-order valence-corrected chi connectivity index (χ1v) is 8.94. The van der Waals surface area contributed by atoms with Crippen molar-refractivity contribution in [2.24, 2.45) is 5.92 Å². The molecule has 0 spiro atoms. The summed E-state index contributed by atoms with van der Waals surface area (Å²) in [4.78, 5) is 0.403. The van der Waals surface area contributed by atoms with Gasteiger partial charge in [-0.25, -0.2) is 8.42 Å². The lowest BCUT2D eigenvalue weighted by atomic mass is 9.87. The van der Waals surface area contributed by atoms with Crippen molar-refractivity contribution in [3.63, 3.8) is 0 Å². The Labute approximate surface area is 140 Å². The largest absolute Gasteiger partial charge is 0.319 e. The van der Waals surface area contributed by atoms with Crippen LogP contribution in [0.25, 0.3) is 0 Å². The van der Waals surface area contributed by atoms with E-state index in [9.17, 15) is 8.42 Å². The third-order valence-electron chi connectivity index (χ3n) is 4.10. The highest BCUT2D eigenvalue weighted by Gasteiger charge is 2.32. The summed E-state index contributed by atoms with van der Waals surface area (Å²) in [5, 5.41) is 3.12. The fourth-order valence-electron chi connectivity index (χ4n) is 2.75. The Kier molecular flexibility index (Phi) is 6.45. The van der Waals surface area contributed by atoms with Crippen LogP contribution in [0.5, 0.6) is 0 Å². The van der Waals surface area contributed by atoms with Gasteiger partial charge >= 0.3 is 0 Å². The van der Waals surface area contributed by atoms with Crippen LogP contribution in [-0.4, -0.2) is 39.4 Å². The first kappa shape index (κ1) is 19.4. The van der Waals surface area contributed by atoms with Gasteiger partial charge in [0.1, 0.15) is 0 Å². The Bertz CT molecular complexity index is 579. The van der Waals surface area contributed by atoms with Crippen molar-refractivity contribution < 1.29 is 8.42 Å². The van der Waals surface area contributed by atoms with Gasteiger partial charge in [0.05, 0.1) is 4.90 Å². The molecule has 1 saturated heterocycles. The Morgan fingerprint density at radius 3 is 2.32 bits per heavy atom. The molecule has 1 aromatic rings. The fourth-order valence-corrected chi connectivity index (χ4v) is 4.28. The molecule has 0 saturated carbocycles. The smallest absolute Gasteiger partial charge is 0.243 e. The molecule has 1 aliphatic heterocycles. The molecule has 6 heteroatoms. The lowest BCUT2D eigenvalue weighted by molar-refractivity contribution is 0.451. The summed E-state index contributed by atoms with van der Waals surface area (Å²) in [6.07, 6.45) is 0.931. The number of halogens is 1. The lowest BCUT2D eigenvalue weighted by Crippen LogP contribution is -2.30. The Hall–Kier alpha value is -0.620. The number of rotatable bonds is 4. The maximum atomic E-state index is 12.7. The van der Waals surface area contributed by atoms with E-state index in [1.165, 1.54) is 0 Å². The maximum absolute atomic E-state index is 12.7. The van der Waals surface area contributed by atoms with Gasteiger partial charge in [-0.2, -0.15) is 4.31 Å². The van der Waals surface area contributed by atoms with E-state index in [-0.39, 0.29) is 17.8 Å². The van der Waals surface area contributed by atoms with Gasteiger partial charge in [-0.15, -0.1) is 12.4 Å². The summed E-state index contributed by atoms with van der Waals surface area (Å²) in [6.45, 7) is 8.48. The number of sulfonamides is 1. The zero-order valence-corrected chi connectivity index (χ0v) is 15.4. The third kappa shape index (κ3) is 4.22. The minimum Gasteiger partial charge on any atom is -0.319 e. The summed E-state index contributed by atoms with van der Waals surface area (Å²) < 4.78 is 26.9. The first-order chi connectivity index (χ1) is 9.75. The molecule has 1 aromatic carbocycles. The molecule has 2 rings (SSSR count). The van der Waals surface area contributed by atoms with Gasteiger partial charge < -0.3 is 5.32 Å². The van der Waals surface area contributed by atoms with Gasteiger partial charge in [0.2, 0.25) is 10.0 Å². The molecule has 1 heterocycles. The van der Waals surface area contributed by atoms with Gasteiger partial charge in [-0.05, 0) is 49.0 Å². The predicted molar refractivity (Wildman–Crippen MR) is 93.2 cm³/mol. The molecule has 126 valence electrons. The molecule has 1 unspecified atom stereocenters. The van der Waals surface area contributed by atoms with E-state index >= 15 is 0 Å². The molecule has 1 aliphatic rings. The average molecular weight is 347 g/mol. The third-order valence-corrected chi connectivity index (χ3v) is 5.98. The SMILES string of the molecule is CNCC1CCN(S(=O)(=O)c2ccc(C(C)(C)C)cc2)C1.Cl. The first-order valence-electron chi connectivity index (χ1n) is 7.50. The molecule has 4 nitrogen and oxygen atoms in total. The lowest BCUT2D eigenvalue weighted by Gasteiger charge is -2.20. The Morgan fingerprint density at radius 1 is 1.23 bits per heavy atom. The average Bonchev–Trinajstić information content (AvgIpc) is 2.88. The summed E-state index contributed by atoms with van der Waals surface area (Å²) in [5.74, 6) is 0.415. The van der Waals surface area contributed by atoms with E-state index in [4.69, 9.17) is 0 Å². The quantitative estimate of drug-likeness (QED) is 0.911.